The molecule has 19 heavy (non-hydrogen) atoms. The normalized spacial score (nSPS) is 9.79. The van der Waals surface area contributed by atoms with Crippen LogP contribution in [0.3, 0.4) is 0 Å². The third kappa shape index (κ3) is 3.47. The van der Waals surface area contributed by atoms with E-state index >= 15 is 0 Å². The minimum absolute atomic E-state index is 0.0934. The molecular weight excluding hydrogens is 252 g/mol. The number of rotatable bonds is 4. The number of nitrogens with zero attached hydrogens (tertiary/aromatic N) is 1. The van der Waals surface area contributed by atoms with Gasteiger partial charge in [-0.05, 0) is 29.8 Å². The highest BCUT2D eigenvalue weighted by atomic mass is 19.1. The Bertz CT molecular complexity index is 620. The van der Waals surface area contributed by atoms with Crippen LogP contribution in [0.1, 0.15) is 5.56 Å². The number of halogens is 2. The molecule has 0 aromatic heterocycles. The van der Waals surface area contributed by atoms with Crippen LogP contribution >= 0.6 is 0 Å². The molecule has 0 aliphatic heterocycles. The summed E-state index contributed by atoms with van der Waals surface area (Å²) < 4.78 is 31.4. The maximum absolute atomic E-state index is 13.4. The van der Waals surface area contributed by atoms with Crippen molar-refractivity contribution in [3.8, 4) is 5.75 Å². The lowest BCUT2D eigenvalue weighted by molar-refractivity contribution is 0.304. The highest BCUT2D eigenvalue weighted by Crippen LogP contribution is 2.23. The molecule has 0 spiro atoms. The number of aliphatic imine (C=N–C) groups is 1. The third-order valence-corrected chi connectivity index (χ3v) is 2.40. The van der Waals surface area contributed by atoms with Gasteiger partial charge in [0.15, 0.2) is 5.82 Å². The number of carbonyl (C=O) groups excluding carboxylic acids is 1. The second-order valence-electron chi connectivity index (χ2n) is 3.73. The molecule has 2 aromatic carbocycles. The first-order valence-electron chi connectivity index (χ1n) is 5.44. The van der Waals surface area contributed by atoms with Gasteiger partial charge in [0.25, 0.3) is 0 Å². The van der Waals surface area contributed by atoms with E-state index in [0.29, 0.717) is 5.75 Å². The fourth-order valence-electron chi connectivity index (χ4n) is 1.46. The van der Waals surface area contributed by atoms with Crippen LogP contribution in [-0.4, -0.2) is 6.08 Å². The molecule has 0 aliphatic carbocycles. The molecule has 0 heterocycles. The summed E-state index contributed by atoms with van der Waals surface area (Å²) >= 11 is 0. The predicted octanol–water partition coefficient (Wildman–Crippen LogP) is 3.51. The fourth-order valence-corrected chi connectivity index (χ4v) is 1.46. The van der Waals surface area contributed by atoms with E-state index in [2.05, 4.69) is 4.99 Å². The maximum Gasteiger partial charge on any atom is 0.240 e. The summed E-state index contributed by atoms with van der Waals surface area (Å²) in [5.41, 5.74) is 0.668. The van der Waals surface area contributed by atoms with Crippen molar-refractivity contribution in [2.45, 2.75) is 6.61 Å². The topological polar surface area (TPSA) is 38.7 Å². The van der Waals surface area contributed by atoms with Crippen molar-refractivity contribution in [2.75, 3.05) is 0 Å². The summed E-state index contributed by atoms with van der Waals surface area (Å²) in [4.78, 5) is 13.2. The number of hydrogen-bond donors (Lipinski definition) is 0. The molecular formula is C14H9F2NO2. The number of hydrogen-bond acceptors (Lipinski definition) is 3. The third-order valence-electron chi connectivity index (χ3n) is 2.40. The summed E-state index contributed by atoms with van der Waals surface area (Å²) in [6.07, 6.45) is 1.27. The Morgan fingerprint density at radius 1 is 1.11 bits per heavy atom. The Morgan fingerprint density at radius 2 is 1.84 bits per heavy atom. The van der Waals surface area contributed by atoms with Crippen LogP contribution in [0.4, 0.5) is 14.5 Å². The van der Waals surface area contributed by atoms with E-state index < -0.39 is 5.82 Å². The second kappa shape index (κ2) is 5.89. The smallest absolute Gasteiger partial charge is 0.240 e. The molecule has 2 aromatic rings. The molecule has 0 bridgehead atoms. The van der Waals surface area contributed by atoms with Crippen molar-refractivity contribution >= 4 is 11.8 Å². The first-order valence-corrected chi connectivity index (χ1v) is 5.44. The maximum atomic E-state index is 13.4. The molecule has 5 heteroatoms. The van der Waals surface area contributed by atoms with Crippen molar-refractivity contribution < 1.29 is 18.3 Å². The van der Waals surface area contributed by atoms with Crippen LogP contribution in [0.25, 0.3) is 0 Å². The quantitative estimate of drug-likeness (QED) is 0.624. The molecule has 0 N–H and O–H groups in total. The van der Waals surface area contributed by atoms with Gasteiger partial charge in [-0.1, -0.05) is 12.1 Å². The van der Waals surface area contributed by atoms with E-state index in [4.69, 9.17) is 4.74 Å². The van der Waals surface area contributed by atoms with E-state index in [1.54, 1.807) is 12.1 Å². The van der Waals surface area contributed by atoms with Gasteiger partial charge in [0.1, 0.15) is 23.9 Å². The minimum Gasteiger partial charge on any atom is -0.489 e. The van der Waals surface area contributed by atoms with Crippen molar-refractivity contribution in [3.63, 3.8) is 0 Å². The Balaban J connectivity index is 2.05. The molecule has 0 amide bonds. The number of ether oxygens (including phenoxy) is 1. The Kier molecular flexibility index (Phi) is 4.00. The van der Waals surface area contributed by atoms with Gasteiger partial charge in [-0.3, -0.25) is 0 Å². The average Bonchev–Trinajstić information content (AvgIpc) is 2.41. The molecule has 0 radical (unpaired) electrons. The zero-order chi connectivity index (χ0) is 13.7. The standard InChI is InChI=1S/C14H9F2NO2/c15-11-3-1-10(2-4-11)8-19-12-5-6-14(17-9-18)13(16)7-12/h1-7H,8H2. The van der Waals surface area contributed by atoms with Crippen LogP contribution in [0.5, 0.6) is 5.75 Å². The van der Waals surface area contributed by atoms with E-state index in [0.717, 1.165) is 11.6 Å². The van der Waals surface area contributed by atoms with Gasteiger partial charge in [-0.2, -0.15) is 4.99 Å². The molecule has 0 saturated carbocycles. The monoisotopic (exact) mass is 261 g/mol. The van der Waals surface area contributed by atoms with Crippen LogP contribution in [-0.2, 0) is 11.4 Å². The van der Waals surface area contributed by atoms with Gasteiger partial charge in [-0.25, -0.2) is 13.6 Å². The zero-order valence-corrected chi connectivity index (χ0v) is 9.77. The van der Waals surface area contributed by atoms with Gasteiger partial charge in [0.2, 0.25) is 6.08 Å². The zero-order valence-electron chi connectivity index (χ0n) is 9.77. The SMILES string of the molecule is O=C=Nc1ccc(OCc2ccc(F)cc2)cc1F. The van der Waals surface area contributed by atoms with Crippen molar-refractivity contribution in [3.05, 3.63) is 59.7 Å². The molecule has 96 valence electrons. The lowest BCUT2D eigenvalue weighted by atomic mass is 10.2. The van der Waals surface area contributed by atoms with Gasteiger partial charge in [0, 0.05) is 6.07 Å². The second-order valence-corrected chi connectivity index (χ2v) is 3.73. The minimum atomic E-state index is -0.667. The van der Waals surface area contributed by atoms with Crippen molar-refractivity contribution in [1.82, 2.24) is 0 Å². The van der Waals surface area contributed by atoms with E-state index in [-0.39, 0.29) is 18.1 Å². The lowest BCUT2D eigenvalue weighted by Gasteiger charge is -2.06. The first-order chi connectivity index (χ1) is 9.19. The summed E-state index contributed by atoms with van der Waals surface area (Å²) in [7, 11) is 0. The van der Waals surface area contributed by atoms with Crippen LogP contribution < -0.4 is 4.74 Å². The lowest BCUT2D eigenvalue weighted by Crippen LogP contribution is -1.95. The van der Waals surface area contributed by atoms with Crippen molar-refractivity contribution in [2.24, 2.45) is 4.99 Å². The predicted molar refractivity (Wildman–Crippen MR) is 64.9 cm³/mol. The van der Waals surface area contributed by atoms with Crippen molar-refractivity contribution in [1.29, 1.82) is 0 Å². The molecule has 2 rings (SSSR count). The molecule has 0 atom stereocenters. The summed E-state index contributed by atoms with van der Waals surface area (Å²) in [5, 5.41) is 0. The highest BCUT2D eigenvalue weighted by Gasteiger charge is 2.03. The molecule has 0 saturated heterocycles. The fraction of sp³-hybridized carbons (Fsp3) is 0.0714. The van der Waals surface area contributed by atoms with E-state index in [9.17, 15) is 13.6 Å². The molecule has 3 nitrogen and oxygen atoms in total. The van der Waals surface area contributed by atoms with Crippen LogP contribution in [0.2, 0.25) is 0 Å². The summed E-state index contributed by atoms with van der Waals surface area (Å²) in [6.45, 7) is 0.190. The van der Waals surface area contributed by atoms with E-state index in [1.807, 2.05) is 0 Å². The van der Waals surface area contributed by atoms with Crippen LogP contribution in [0.15, 0.2) is 47.5 Å². The first kappa shape index (κ1) is 12.9. The van der Waals surface area contributed by atoms with E-state index in [1.165, 1.54) is 30.3 Å². The Morgan fingerprint density at radius 3 is 2.47 bits per heavy atom. The Hall–Kier alpha value is -2.52. The van der Waals surface area contributed by atoms with Gasteiger partial charge in [0.05, 0.1) is 0 Å². The van der Waals surface area contributed by atoms with Gasteiger partial charge < -0.3 is 4.74 Å². The molecule has 0 unspecified atom stereocenters. The molecule has 0 aliphatic rings. The Labute approximate surface area is 108 Å². The molecule has 0 fully saturated rings. The summed E-state index contributed by atoms with van der Waals surface area (Å²) in [6, 6.07) is 9.73. The largest absolute Gasteiger partial charge is 0.489 e. The van der Waals surface area contributed by atoms with Crippen LogP contribution in [0, 0.1) is 11.6 Å². The number of benzene rings is 2. The van der Waals surface area contributed by atoms with Gasteiger partial charge in [-0.15, -0.1) is 0 Å². The number of isocyanates is 1. The summed E-state index contributed by atoms with van der Waals surface area (Å²) in [5.74, 6) is -0.697. The highest BCUT2D eigenvalue weighted by molar-refractivity contribution is 5.51. The average molecular weight is 261 g/mol. The van der Waals surface area contributed by atoms with Gasteiger partial charge >= 0.3 is 0 Å².